The number of rotatable bonds is 4. The second-order valence-electron chi connectivity index (χ2n) is 3.69. The lowest BCUT2D eigenvalue weighted by Crippen LogP contribution is -2.18. The number of unbranched alkanes of at least 4 members (excludes halogenated alkanes) is 1. The largest absolute Gasteiger partial charge is 0.324 e. The molecule has 0 saturated carbocycles. The normalized spacial score (nSPS) is 12.3. The van der Waals surface area contributed by atoms with Gasteiger partial charge in [-0.2, -0.15) is 0 Å². The van der Waals surface area contributed by atoms with Crippen LogP contribution >= 0.6 is 0 Å². The van der Waals surface area contributed by atoms with Crippen LogP contribution in [0.25, 0.3) is 0 Å². The molecule has 2 N–H and O–H groups in total. The SMILES string of the molecule is C#CCCCC(N)c1c(F)c(F)c(F)c(F)c1F. The molecule has 0 saturated heterocycles. The molecular weight excluding hydrogens is 253 g/mol. The lowest BCUT2D eigenvalue weighted by molar-refractivity contribution is 0.361. The number of halogens is 5. The molecule has 0 heterocycles. The number of benzene rings is 1. The Bertz CT molecular complexity index is 463. The molecule has 1 nitrogen and oxygen atoms in total. The molecule has 0 aliphatic rings. The minimum atomic E-state index is -2.19. The molecular formula is C12H10F5N. The highest BCUT2D eigenvalue weighted by Crippen LogP contribution is 2.28. The maximum atomic E-state index is 13.3. The molecule has 0 fully saturated rings. The Morgan fingerprint density at radius 1 is 0.944 bits per heavy atom. The van der Waals surface area contributed by atoms with Gasteiger partial charge in [-0.05, 0) is 12.8 Å². The van der Waals surface area contributed by atoms with Crippen LogP contribution in [0.3, 0.4) is 0 Å². The zero-order valence-electron chi connectivity index (χ0n) is 9.24. The van der Waals surface area contributed by atoms with Crippen LogP contribution in [-0.2, 0) is 0 Å². The summed E-state index contributed by atoms with van der Waals surface area (Å²) in [5, 5.41) is 0. The van der Waals surface area contributed by atoms with E-state index in [4.69, 9.17) is 12.2 Å². The molecule has 1 aromatic rings. The van der Waals surface area contributed by atoms with Crippen LogP contribution in [0.5, 0.6) is 0 Å². The van der Waals surface area contributed by atoms with E-state index in [2.05, 4.69) is 5.92 Å². The van der Waals surface area contributed by atoms with E-state index >= 15 is 0 Å². The Morgan fingerprint density at radius 3 is 1.83 bits per heavy atom. The molecule has 1 unspecified atom stereocenters. The Hall–Kier alpha value is -1.61. The Morgan fingerprint density at radius 2 is 1.39 bits per heavy atom. The molecule has 6 heteroatoms. The minimum absolute atomic E-state index is 0.0303. The fourth-order valence-corrected chi connectivity index (χ4v) is 1.52. The molecule has 1 atom stereocenters. The summed E-state index contributed by atoms with van der Waals surface area (Å²) in [6.07, 6.45) is 5.64. The van der Waals surface area contributed by atoms with Crippen molar-refractivity contribution in [1.82, 2.24) is 0 Å². The smallest absolute Gasteiger partial charge is 0.200 e. The summed E-state index contributed by atoms with van der Waals surface area (Å²) >= 11 is 0. The molecule has 0 radical (unpaired) electrons. The number of hydrogen-bond donors (Lipinski definition) is 1. The summed E-state index contributed by atoms with van der Waals surface area (Å²) in [4.78, 5) is 0. The highest BCUT2D eigenvalue weighted by Gasteiger charge is 2.28. The molecule has 1 aromatic carbocycles. The van der Waals surface area contributed by atoms with E-state index in [-0.39, 0.29) is 6.42 Å². The van der Waals surface area contributed by atoms with Gasteiger partial charge in [-0.25, -0.2) is 22.0 Å². The van der Waals surface area contributed by atoms with Crippen molar-refractivity contribution >= 4 is 0 Å². The van der Waals surface area contributed by atoms with Crippen molar-refractivity contribution in [3.63, 3.8) is 0 Å². The molecule has 0 aliphatic carbocycles. The molecule has 0 bridgehead atoms. The van der Waals surface area contributed by atoms with Crippen molar-refractivity contribution in [1.29, 1.82) is 0 Å². The van der Waals surface area contributed by atoms with E-state index < -0.39 is 40.7 Å². The maximum Gasteiger partial charge on any atom is 0.200 e. The first-order valence-corrected chi connectivity index (χ1v) is 5.12. The molecule has 18 heavy (non-hydrogen) atoms. The lowest BCUT2D eigenvalue weighted by Gasteiger charge is -2.14. The van der Waals surface area contributed by atoms with E-state index in [0.717, 1.165) is 0 Å². The predicted octanol–water partition coefficient (Wildman–Crippen LogP) is 3.19. The van der Waals surface area contributed by atoms with Crippen molar-refractivity contribution in [3.05, 3.63) is 34.6 Å². The van der Waals surface area contributed by atoms with Gasteiger partial charge >= 0.3 is 0 Å². The van der Waals surface area contributed by atoms with Gasteiger partial charge < -0.3 is 5.73 Å². The predicted molar refractivity (Wildman–Crippen MR) is 55.8 cm³/mol. The van der Waals surface area contributed by atoms with Gasteiger partial charge in [0, 0.05) is 18.0 Å². The quantitative estimate of drug-likeness (QED) is 0.291. The summed E-state index contributed by atoms with van der Waals surface area (Å²) in [5.74, 6) is -7.66. The van der Waals surface area contributed by atoms with Gasteiger partial charge in [0.1, 0.15) is 0 Å². The van der Waals surface area contributed by atoms with E-state index in [9.17, 15) is 22.0 Å². The first-order valence-electron chi connectivity index (χ1n) is 5.12. The van der Waals surface area contributed by atoms with E-state index in [0.29, 0.717) is 12.8 Å². The zero-order valence-corrected chi connectivity index (χ0v) is 9.24. The topological polar surface area (TPSA) is 26.0 Å². The summed E-state index contributed by atoms with van der Waals surface area (Å²) in [7, 11) is 0. The van der Waals surface area contributed by atoms with Crippen LogP contribution in [0, 0.1) is 41.4 Å². The Balaban J connectivity index is 3.13. The Kier molecular flexibility index (Phi) is 4.68. The van der Waals surface area contributed by atoms with Gasteiger partial charge in [0.15, 0.2) is 23.3 Å². The summed E-state index contributed by atoms with van der Waals surface area (Å²) in [5.41, 5.74) is 4.42. The standard InChI is InChI=1S/C12H10F5N/c1-2-3-4-5-6(18)7-8(13)10(15)12(17)11(16)9(7)14/h1,6H,3-5,18H2. The third-order valence-electron chi connectivity index (χ3n) is 2.45. The Labute approximate surface area is 101 Å². The first kappa shape index (κ1) is 14.5. The van der Waals surface area contributed by atoms with Gasteiger partial charge in [-0.1, -0.05) is 0 Å². The highest BCUT2D eigenvalue weighted by molar-refractivity contribution is 5.26. The summed E-state index contributed by atoms with van der Waals surface area (Å²) in [6.45, 7) is 0. The van der Waals surface area contributed by atoms with Crippen LogP contribution in [0.4, 0.5) is 22.0 Å². The lowest BCUT2D eigenvalue weighted by atomic mass is 10.00. The van der Waals surface area contributed by atoms with Gasteiger partial charge in [0.25, 0.3) is 0 Å². The number of terminal acetylenes is 1. The zero-order chi connectivity index (χ0) is 13.9. The van der Waals surface area contributed by atoms with Crippen LogP contribution < -0.4 is 5.73 Å². The minimum Gasteiger partial charge on any atom is -0.324 e. The van der Waals surface area contributed by atoms with Crippen molar-refractivity contribution < 1.29 is 22.0 Å². The van der Waals surface area contributed by atoms with Gasteiger partial charge in [-0.15, -0.1) is 12.3 Å². The first-order chi connectivity index (χ1) is 8.41. The van der Waals surface area contributed by atoms with Crippen molar-refractivity contribution in [2.24, 2.45) is 5.73 Å². The summed E-state index contributed by atoms with van der Waals surface area (Å²) < 4.78 is 65.2. The molecule has 0 spiro atoms. The van der Waals surface area contributed by atoms with Crippen molar-refractivity contribution in [2.75, 3.05) is 0 Å². The fraction of sp³-hybridized carbons (Fsp3) is 0.333. The third-order valence-corrected chi connectivity index (χ3v) is 2.45. The average Bonchev–Trinajstić information content (AvgIpc) is 2.34. The molecule has 1 rings (SSSR count). The van der Waals surface area contributed by atoms with Crippen molar-refractivity contribution in [3.8, 4) is 12.3 Å². The van der Waals surface area contributed by atoms with E-state index in [1.807, 2.05) is 0 Å². The maximum absolute atomic E-state index is 13.3. The van der Waals surface area contributed by atoms with E-state index in [1.54, 1.807) is 0 Å². The second-order valence-corrected chi connectivity index (χ2v) is 3.69. The summed E-state index contributed by atoms with van der Waals surface area (Å²) in [6, 6.07) is -1.29. The molecule has 0 aromatic heterocycles. The molecule has 98 valence electrons. The highest BCUT2D eigenvalue weighted by atomic mass is 19.2. The number of hydrogen-bond acceptors (Lipinski definition) is 1. The van der Waals surface area contributed by atoms with Gasteiger partial charge in [-0.3, -0.25) is 0 Å². The molecule has 0 amide bonds. The van der Waals surface area contributed by atoms with Crippen LogP contribution in [-0.4, -0.2) is 0 Å². The fourth-order valence-electron chi connectivity index (χ4n) is 1.52. The third kappa shape index (κ3) is 2.62. The van der Waals surface area contributed by atoms with Crippen LogP contribution in [0.15, 0.2) is 0 Å². The monoisotopic (exact) mass is 263 g/mol. The van der Waals surface area contributed by atoms with E-state index in [1.165, 1.54) is 0 Å². The van der Waals surface area contributed by atoms with Gasteiger partial charge in [0.2, 0.25) is 5.82 Å². The van der Waals surface area contributed by atoms with Crippen LogP contribution in [0.1, 0.15) is 30.9 Å². The van der Waals surface area contributed by atoms with Crippen LogP contribution in [0.2, 0.25) is 0 Å². The van der Waals surface area contributed by atoms with Crippen molar-refractivity contribution in [2.45, 2.75) is 25.3 Å². The van der Waals surface area contributed by atoms with Gasteiger partial charge in [0.05, 0.1) is 0 Å². The average molecular weight is 263 g/mol. The number of nitrogens with two attached hydrogens (primary N) is 1. The second kappa shape index (κ2) is 5.83. The molecule has 0 aliphatic heterocycles.